The van der Waals surface area contributed by atoms with E-state index in [0.29, 0.717) is 11.6 Å². The second-order valence-electron chi connectivity index (χ2n) is 7.62. The maximum Gasteiger partial charge on any atom is 0.236 e. The fraction of sp³-hybridized carbons (Fsp3) is 0.208. The van der Waals surface area contributed by atoms with Crippen LogP contribution in [0.1, 0.15) is 18.1 Å². The highest BCUT2D eigenvalue weighted by atomic mass is 35.5. The van der Waals surface area contributed by atoms with Crippen molar-refractivity contribution in [3.8, 4) is 5.75 Å². The van der Waals surface area contributed by atoms with Crippen molar-refractivity contribution in [3.05, 3.63) is 76.8 Å². The monoisotopic (exact) mass is 406 g/mol. The number of rotatable bonds is 2. The molecule has 1 atom stereocenters. The molecule has 4 rings (SSSR count). The fourth-order valence-electron chi connectivity index (χ4n) is 3.87. The van der Waals surface area contributed by atoms with E-state index in [4.69, 9.17) is 11.6 Å². The number of benzene rings is 3. The van der Waals surface area contributed by atoms with Gasteiger partial charge in [0.1, 0.15) is 5.75 Å². The first kappa shape index (κ1) is 19.3. The first-order chi connectivity index (χ1) is 13.8. The molecule has 1 N–H and O–H groups in total. The molecule has 4 nitrogen and oxygen atoms in total. The van der Waals surface area contributed by atoms with Gasteiger partial charge in [0.25, 0.3) is 0 Å². The molecule has 0 aromatic heterocycles. The standard InChI is InChI=1S/C24H23ClN2O2/c1-15-4-10-21(16(2)12-15)27-22-11-5-18(25)13-23(22)26(14-17(3)24(27)29)19-6-8-20(28)9-7-19/h4-13,17,28H,14H2,1-3H3. The quantitative estimate of drug-likeness (QED) is 0.558. The summed E-state index contributed by atoms with van der Waals surface area (Å²) in [5, 5.41) is 10.3. The minimum absolute atomic E-state index is 0.0433. The van der Waals surface area contributed by atoms with E-state index in [1.54, 1.807) is 12.1 Å². The summed E-state index contributed by atoms with van der Waals surface area (Å²) in [4.78, 5) is 17.4. The lowest BCUT2D eigenvalue weighted by Crippen LogP contribution is -2.33. The summed E-state index contributed by atoms with van der Waals surface area (Å²) in [5.41, 5.74) is 5.63. The van der Waals surface area contributed by atoms with Crippen molar-refractivity contribution < 1.29 is 9.90 Å². The van der Waals surface area contributed by atoms with E-state index in [1.807, 2.05) is 68.1 Å². The average Bonchev–Trinajstić information content (AvgIpc) is 2.78. The van der Waals surface area contributed by atoms with Crippen molar-refractivity contribution in [2.24, 2.45) is 5.92 Å². The molecule has 1 amide bonds. The van der Waals surface area contributed by atoms with Gasteiger partial charge in [0, 0.05) is 17.3 Å². The zero-order valence-electron chi connectivity index (χ0n) is 16.7. The Morgan fingerprint density at radius 2 is 1.62 bits per heavy atom. The van der Waals surface area contributed by atoms with Crippen molar-refractivity contribution >= 4 is 40.3 Å². The number of carbonyl (C=O) groups excluding carboxylic acids is 1. The molecule has 0 bridgehead atoms. The molecular formula is C24H23ClN2O2. The van der Waals surface area contributed by atoms with Gasteiger partial charge in [0.05, 0.1) is 23.0 Å². The second-order valence-corrected chi connectivity index (χ2v) is 8.06. The molecule has 0 saturated heterocycles. The maximum absolute atomic E-state index is 13.5. The molecule has 1 aliphatic rings. The molecule has 5 heteroatoms. The third-order valence-corrected chi connectivity index (χ3v) is 5.56. The van der Waals surface area contributed by atoms with E-state index in [2.05, 4.69) is 11.0 Å². The van der Waals surface area contributed by atoms with Gasteiger partial charge in [0.15, 0.2) is 0 Å². The van der Waals surface area contributed by atoms with Crippen molar-refractivity contribution in [1.29, 1.82) is 0 Å². The number of aryl methyl sites for hydroxylation is 2. The third-order valence-electron chi connectivity index (χ3n) is 5.32. The molecule has 0 aliphatic carbocycles. The van der Waals surface area contributed by atoms with Crippen LogP contribution in [0.15, 0.2) is 60.7 Å². The highest BCUT2D eigenvalue weighted by Crippen LogP contribution is 2.44. The van der Waals surface area contributed by atoms with Gasteiger partial charge in [-0.05, 0) is 67.9 Å². The molecule has 0 fully saturated rings. The van der Waals surface area contributed by atoms with Gasteiger partial charge >= 0.3 is 0 Å². The smallest absolute Gasteiger partial charge is 0.236 e. The van der Waals surface area contributed by atoms with Crippen LogP contribution in [0.4, 0.5) is 22.7 Å². The van der Waals surface area contributed by atoms with Crippen molar-refractivity contribution in [1.82, 2.24) is 0 Å². The number of aromatic hydroxyl groups is 1. The van der Waals surface area contributed by atoms with Crippen LogP contribution in [0.5, 0.6) is 5.75 Å². The normalized spacial score (nSPS) is 16.6. The molecule has 1 aliphatic heterocycles. The molecule has 0 spiro atoms. The summed E-state index contributed by atoms with van der Waals surface area (Å²) >= 11 is 6.36. The molecule has 0 radical (unpaired) electrons. The van der Waals surface area contributed by atoms with E-state index in [-0.39, 0.29) is 17.6 Å². The molecule has 0 saturated carbocycles. The second kappa shape index (κ2) is 7.45. The van der Waals surface area contributed by atoms with Crippen LogP contribution in [0.25, 0.3) is 0 Å². The molecule has 3 aromatic carbocycles. The minimum atomic E-state index is -0.240. The first-order valence-corrected chi connectivity index (χ1v) is 10.0. The van der Waals surface area contributed by atoms with Crippen LogP contribution in [0, 0.1) is 19.8 Å². The Hall–Kier alpha value is -2.98. The number of halogens is 1. The number of fused-ring (bicyclic) bond motifs is 1. The lowest BCUT2D eigenvalue weighted by atomic mass is 10.1. The predicted molar refractivity (Wildman–Crippen MR) is 119 cm³/mol. The van der Waals surface area contributed by atoms with Crippen molar-refractivity contribution in [2.75, 3.05) is 16.3 Å². The maximum atomic E-state index is 13.5. The van der Waals surface area contributed by atoms with Crippen molar-refractivity contribution in [2.45, 2.75) is 20.8 Å². The van der Waals surface area contributed by atoms with Gasteiger partial charge in [-0.1, -0.05) is 36.2 Å². The van der Waals surface area contributed by atoms with Crippen LogP contribution in [-0.4, -0.2) is 17.6 Å². The lowest BCUT2D eigenvalue weighted by Gasteiger charge is -2.28. The van der Waals surface area contributed by atoms with Crippen LogP contribution < -0.4 is 9.80 Å². The van der Waals surface area contributed by atoms with E-state index in [0.717, 1.165) is 33.9 Å². The average molecular weight is 407 g/mol. The summed E-state index contributed by atoms with van der Waals surface area (Å²) in [7, 11) is 0. The number of carbonyl (C=O) groups is 1. The zero-order chi connectivity index (χ0) is 20.7. The van der Waals surface area contributed by atoms with Crippen LogP contribution in [-0.2, 0) is 4.79 Å². The summed E-state index contributed by atoms with van der Waals surface area (Å²) in [6, 6.07) is 18.7. The third kappa shape index (κ3) is 3.56. The van der Waals surface area contributed by atoms with Gasteiger partial charge in [-0.3, -0.25) is 9.69 Å². The summed E-state index contributed by atoms with van der Waals surface area (Å²) in [5.74, 6) is 0.00778. The Morgan fingerprint density at radius 3 is 2.31 bits per heavy atom. The fourth-order valence-corrected chi connectivity index (χ4v) is 4.04. The van der Waals surface area contributed by atoms with Gasteiger partial charge in [-0.2, -0.15) is 0 Å². The minimum Gasteiger partial charge on any atom is -0.508 e. The Morgan fingerprint density at radius 1 is 0.931 bits per heavy atom. The van der Waals surface area contributed by atoms with Crippen LogP contribution in [0.2, 0.25) is 5.02 Å². The number of nitrogens with zero attached hydrogens (tertiary/aromatic N) is 2. The van der Waals surface area contributed by atoms with Crippen LogP contribution in [0.3, 0.4) is 0 Å². The molecular weight excluding hydrogens is 384 g/mol. The number of phenols is 1. The molecule has 3 aromatic rings. The SMILES string of the molecule is Cc1ccc(N2C(=O)C(C)CN(c3ccc(O)cc3)c3cc(Cl)ccc32)c(C)c1. The molecule has 148 valence electrons. The number of hydrogen-bond acceptors (Lipinski definition) is 3. The Balaban J connectivity index is 1.94. The van der Waals surface area contributed by atoms with E-state index in [9.17, 15) is 9.90 Å². The Kier molecular flexibility index (Phi) is 4.97. The van der Waals surface area contributed by atoms with E-state index >= 15 is 0 Å². The first-order valence-electron chi connectivity index (χ1n) is 9.62. The number of anilines is 4. The van der Waals surface area contributed by atoms with Gasteiger partial charge in [-0.25, -0.2) is 0 Å². The number of hydrogen-bond donors (Lipinski definition) is 1. The van der Waals surface area contributed by atoms with Crippen molar-refractivity contribution in [3.63, 3.8) is 0 Å². The van der Waals surface area contributed by atoms with Crippen LogP contribution >= 0.6 is 11.6 Å². The molecule has 1 heterocycles. The Labute approximate surface area is 176 Å². The molecule has 29 heavy (non-hydrogen) atoms. The summed E-state index contributed by atoms with van der Waals surface area (Å²) in [6.45, 7) is 6.53. The topological polar surface area (TPSA) is 43.8 Å². The highest BCUT2D eigenvalue weighted by Gasteiger charge is 2.33. The number of phenolic OH excluding ortho intramolecular Hbond substituents is 1. The lowest BCUT2D eigenvalue weighted by molar-refractivity contribution is -0.120. The number of amides is 1. The predicted octanol–water partition coefficient (Wildman–Crippen LogP) is 6.11. The summed E-state index contributed by atoms with van der Waals surface area (Å²) < 4.78 is 0. The Bertz CT molecular complexity index is 1080. The summed E-state index contributed by atoms with van der Waals surface area (Å²) in [6.07, 6.45) is 0. The zero-order valence-corrected chi connectivity index (χ0v) is 17.4. The van der Waals surface area contributed by atoms with Gasteiger partial charge in [-0.15, -0.1) is 0 Å². The van der Waals surface area contributed by atoms with Gasteiger partial charge < -0.3 is 10.0 Å². The highest BCUT2D eigenvalue weighted by molar-refractivity contribution is 6.31. The molecule has 1 unspecified atom stereocenters. The van der Waals surface area contributed by atoms with E-state index in [1.165, 1.54) is 0 Å². The van der Waals surface area contributed by atoms with Gasteiger partial charge in [0.2, 0.25) is 5.91 Å². The largest absolute Gasteiger partial charge is 0.508 e. The van der Waals surface area contributed by atoms with E-state index < -0.39 is 0 Å².